The van der Waals surface area contributed by atoms with Gasteiger partial charge in [0.1, 0.15) is 17.3 Å². The van der Waals surface area contributed by atoms with E-state index in [1.807, 2.05) is 24.3 Å². The van der Waals surface area contributed by atoms with Crippen molar-refractivity contribution in [2.24, 2.45) is 5.73 Å². The van der Waals surface area contributed by atoms with Crippen LogP contribution in [0.3, 0.4) is 0 Å². The van der Waals surface area contributed by atoms with Crippen molar-refractivity contribution in [3.63, 3.8) is 0 Å². The standard InChI is InChI=1S/C14H11BrClNOS/c15-10-3-1-2-9(6-10)8-18-13-7-11(16)4-5-12(13)14(17)19/h1-7H,8H2,(H2,17,19). The molecule has 0 fully saturated rings. The molecule has 0 saturated carbocycles. The molecule has 2 aromatic carbocycles. The predicted molar refractivity (Wildman–Crippen MR) is 85.8 cm³/mol. The third kappa shape index (κ3) is 3.93. The molecule has 2 N–H and O–H groups in total. The van der Waals surface area contributed by atoms with Crippen LogP contribution >= 0.6 is 39.7 Å². The van der Waals surface area contributed by atoms with Crippen LogP contribution in [-0.4, -0.2) is 4.99 Å². The Kier molecular flexibility index (Phi) is 4.80. The summed E-state index contributed by atoms with van der Waals surface area (Å²) in [5.41, 5.74) is 7.39. The van der Waals surface area contributed by atoms with Crippen molar-refractivity contribution in [1.82, 2.24) is 0 Å². The first-order valence-corrected chi connectivity index (χ1v) is 7.11. The van der Waals surface area contributed by atoms with Gasteiger partial charge in [-0.1, -0.05) is 51.9 Å². The van der Waals surface area contributed by atoms with Crippen LogP contribution in [0.5, 0.6) is 5.75 Å². The second-order valence-corrected chi connectivity index (χ2v) is 5.72. The molecule has 0 atom stereocenters. The van der Waals surface area contributed by atoms with E-state index in [4.69, 9.17) is 34.3 Å². The zero-order valence-electron chi connectivity index (χ0n) is 9.90. The number of ether oxygens (including phenoxy) is 1. The fourth-order valence-corrected chi connectivity index (χ4v) is 2.38. The lowest BCUT2D eigenvalue weighted by Gasteiger charge is -2.11. The molecule has 0 bridgehead atoms. The molecule has 5 heteroatoms. The molecule has 0 spiro atoms. The van der Waals surface area contributed by atoms with Crippen LogP contribution < -0.4 is 10.5 Å². The van der Waals surface area contributed by atoms with Gasteiger partial charge in [0.05, 0.1) is 5.56 Å². The van der Waals surface area contributed by atoms with Gasteiger partial charge >= 0.3 is 0 Å². The molecule has 0 heterocycles. The summed E-state index contributed by atoms with van der Waals surface area (Å²) in [7, 11) is 0. The van der Waals surface area contributed by atoms with E-state index in [1.54, 1.807) is 18.2 Å². The van der Waals surface area contributed by atoms with E-state index in [1.165, 1.54) is 0 Å². The number of thiocarbonyl (C=S) groups is 1. The summed E-state index contributed by atoms with van der Waals surface area (Å²) < 4.78 is 6.76. The number of rotatable bonds is 4. The number of halogens is 2. The Balaban J connectivity index is 2.19. The lowest BCUT2D eigenvalue weighted by Crippen LogP contribution is -2.11. The smallest absolute Gasteiger partial charge is 0.131 e. The summed E-state index contributed by atoms with van der Waals surface area (Å²) in [4.78, 5) is 0.293. The first-order chi connectivity index (χ1) is 9.06. The maximum Gasteiger partial charge on any atom is 0.131 e. The summed E-state index contributed by atoms with van der Waals surface area (Å²) in [5.74, 6) is 0.597. The molecule has 0 aliphatic rings. The maximum atomic E-state index is 5.96. The van der Waals surface area contributed by atoms with Gasteiger partial charge in [0.25, 0.3) is 0 Å². The van der Waals surface area contributed by atoms with Crippen LogP contribution in [0.1, 0.15) is 11.1 Å². The first-order valence-electron chi connectivity index (χ1n) is 5.53. The molecule has 2 rings (SSSR count). The zero-order valence-corrected chi connectivity index (χ0v) is 13.1. The molecule has 0 saturated heterocycles. The molecule has 0 amide bonds. The molecule has 19 heavy (non-hydrogen) atoms. The van der Waals surface area contributed by atoms with Gasteiger partial charge in [-0.05, 0) is 35.9 Å². The predicted octanol–water partition coefficient (Wildman–Crippen LogP) is 4.32. The monoisotopic (exact) mass is 355 g/mol. The number of hydrogen-bond donors (Lipinski definition) is 1. The summed E-state index contributed by atoms with van der Waals surface area (Å²) in [5, 5.41) is 0.587. The lowest BCUT2D eigenvalue weighted by atomic mass is 10.2. The van der Waals surface area contributed by atoms with Crippen LogP contribution in [-0.2, 0) is 6.61 Å². The van der Waals surface area contributed by atoms with E-state index < -0.39 is 0 Å². The fraction of sp³-hybridized carbons (Fsp3) is 0.0714. The summed E-state index contributed by atoms with van der Waals surface area (Å²) >= 11 is 14.4. The van der Waals surface area contributed by atoms with Gasteiger partial charge in [-0.25, -0.2) is 0 Å². The minimum atomic E-state index is 0.293. The minimum absolute atomic E-state index is 0.293. The quantitative estimate of drug-likeness (QED) is 0.829. The third-order valence-electron chi connectivity index (χ3n) is 2.49. The minimum Gasteiger partial charge on any atom is -0.488 e. The second kappa shape index (κ2) is 6.37. The van der Waals surface area contributed by atoms with E-state index in [-0.39, 0.29) is 0 Å². The van der Waals surface area contributed by atoms with Gasteiger partial charge in [0.2, 0.25) is 0 Å². The van der Waals surface area contributed by atoms with E-state index >= 15 is 0 Å². The molecule has 0 aliphatic carbocycles. The van der Waals surface area contributed by atoms with Gasteiger partial charge in [-0.15, -0.1) is 0 Å². The Morgan fingerprint density at radius 3 is 2.74 bits per heavy atom. The SMILES string of the molecule is NC(=S)c1ccc(Cl)cc1OCc1cccc(Br)c1. The molecule has 0 aliphatic heterocycles. The van der Waals surface area contributed by atoms with Crippen LogP contribution in [0, 0.1) is 0 Å². The van der Waals surface area contributed by atoms with Crippen molar-refractivity contribution in [3.05, 3.63) is 63.1 Å². The van der Waals surface area contributed by atoms with Crippen molar-refractivity contribution in [1.29, 1.82) is 0 Å². The van der Waals surface area contributed by atoms with E-state index in [9.17, 15) is 0 Å². The van der Waals surface area contributed by atoms with E-state index in [2.05, 4.69) is 15.9 Å². The Bertz CT molecular complexity index is 618. The average molecular weight is 357 g/mol. The van der Waals surface area contributed by atoms with Crippen LogP contribution in [0.15, 0.2) is 46.9 Å². The lowest BCUT2D eigenvalue weighted by molar-refractivity contribution is 0.305. The molecular formula is C14H11BrClNOS. The topological polar surface area (TPSA) is 35.2 Å². The van der Waals surface area contributed by atoms with Gasteiger partial charge in [0.15, 0.2) is 0 Å². The fourth-order valence-electron chi connectivity index (χ4n) is 1.61. The average Bonchev–Trinajstić information content (AvgIpc) is 2.36. The Hall–Kier alpha value is -1.10. The van der Waals surface area contributed by atoms with Gasteiger partial charge in [-0.2, -0.15) is 0 Å². The number of benzene rings is 2. The van der Waals surface area contributed by atoms with Crippen LogP contribution in [0.2, 0.25) is 5.02 Å². The molecule has 0 aromatic heterocycles. The van der Waals surface area contributed by atoms with Crippen molar-refractivity contribution in [3.8, 4) is 5.75 Å². The van der Waals surface area contributed by atoms with Crippen molar-refractivity contribution in [2.45, 2.75) is 6.61 Å². The molecule has 0 radical (unpaired) electrons. The zero-order chi connectivity index (χ0) is 13.8. The maximum absolute atomic E-state index is 5.96. The largest absolute Gasteiger partial charge is 0.488 e. The summed E-state index contributed by atoms with van der Waals surface area (Å²) in [6, 6.07) is 13.1. The highest BCUT2D eigenvalue weighted by atomic mass is 79.9. The van der Waals surface area contributed by atoms with E-state index in [0.717, 1.165) is 10.0 Å². The summed E-state index contributed by atoms with van der Waals surface area (Å²) in [6.45, 7) is 0.426. The Labute approximate surface area is 130 Å². The van der Waals surface area contributed by atoms with Crippen LogP contribution in [0.25, 0.3) is 0 Å². The van der Waals surface area contributed by atoms with Gasteiger partial charge in [-0.3, -0.25) is 0 Å². The van der Waals surface area contributed by atoms with Crippen molar-refractivity contribution in [2.75, 3.05) is 0 Å². The second-order valence-electron chi connectivity index (χ2n) is 3.92. The van der Waals surface area contributed by atoms with E-state index in [0.29, 0.717) is 27.9 Å². The van der Waals surface area contributed by atoms with Crippen molar-refractivity contribution < 1.29 is 4.74 Å². The van der Waals surface area contributed by atoms with Gasteiger partial charge in [0, 0.05) is 9.50 Å². The number of nitrogens with two attached hydrogens (primary N) is 1. The molecule has 2 nitrogen and oxygen atoms in total. The highest BCUT2D eigenvalue weighted by molar-refractivity contribution is 9.10. The summed E-state index contributed by atoms with van der Waals surface area (Å²) in [6.07, 6.45) is 0. The molecular weight excluding hydrogens is 346 g/mol. The van der Waals surface area contributed by atoms with Crippen molar-refractivity contribution >= 4 is 44.7 Å². The van der Waals surface area contributed by atoms with Crippen LogP contribution in [0.4, 0.5) is 0 Å². The highest BCUT2D eigenvalue weighted by Gasteiger charge is 2.07. The Morgan fingerprint density at radius 2 is 2.05 bits per heavy atom. The van der Waals surface area contributed by atoms with Gasteiger partial charge < -0.3 is 10.5 Å². The molecule has 2 aromatic rings. The molecule has 98 valence electrons. The molecule has 0 unspecified atom stereocenters. The number of hydrogen-bond acceptors (Lipinski definition) is 2. The normalized spacial score (nSPS) is 10.2. The Morgan fingerprint density at radius 1 is 1.26 bits per heavy atom. The first kappa shape index (κ1) is 14.3. The third-order valence-corrected chi connectivity index (χ3v) is 3.44. The highest BCUT2D eigenvalue weighted by Crippen LogP contribution is 2.24.